The van der Waals surface area contributed by atoms with Crippen LogP contribution < -0.4 is 5.43 Å². The number of piperazine rings is 1. The Morgan fingerprint density at radius 3 is 2.13 bits per heavy atom. The number of likely N-dealkylation sites (N-methyl/N-ethyl adjacent to an activating group) is 1. The molecule has 0 unspecified atom stereocenters. The van der Waals surface area contributed by atoms with E-state index in [4.69, 9.17) is 0 Å². The molecule has 0 aromatic heterocycles. The highest BCUT2D eigenvalue weighted by atomic mass is 15.5. The van der Waals surface area contributed by atoms with Gasteiger partial charge in [-0.2, -0.15) is 0 Å². The lowest BCUT2D eigenvalue weighted by atomic mass is 10.3. The van der Waals surface area contributed by atoms with E-state index in [2.05, 4.69) is 34.1 Å². The van der Waals surface area contributed by atoms with Crippen molar-refractivity contribution < 1.29 is 0 Å². The van der Waals surface area contributed by atoms with Gasteiger partial charge in [-0.25, -0.2) is 5.01 Å². The van der Waals surface area contributed by atoms with E-state index in [9.17, 15) is 0 Å². The van der Waals surface area contributed by atoms with Crippen LogP contribution in [-0.4, -0.2) is 74.2 Å². The van der Waals surface area contributed by atoms with Crippen molar-refractivity contribution in [2.24, 2.45) is 0 Å². The predicted octanol–water partition coefficient (Wildman–Crippen LogP) is 0.0802. The molecule has 1 aliphatic heterocycles. The Labute approximate surface area is 94.2 Å². The van der Waals surface area contributed by atoms with Gasteiger partial charge in [0.1, 0.15) is 0 Å². The third-order valence-corrected chi connectivity index (χ3v) is 3.32. The predicted molar refractivity (Wildman–Crippen MR) is 64.9 cm³/mol. The van der Waals surface area contributed by atoms with Gasteiger partial charge in [0.15, 0.2) is 0 Å². The van der Waals surface area contributed by atoms with E-state index < -0.39 is 0 Å². The lowest BCUT2D eigenvalue weighted by Gasteiger charge is -2.35. The highest BCUT2D eigenvalue weighted by Gasteiger charge is 2.15. The van der Waals surface area contributed by atoms with E-state index >= 15 is 0 Å². The average Bonchev–Trinajstić information content (AvgIpc) is 2.31. The van der Waals surface area contributed by atoms with E-state index in [1.165, 1.54) is 39.3 Å². The van der Waals surface area contributed by atoms with Crippen molar-refractivity contribution in [3.63, 3.8) is 0 Å². The van der Waals surface area contributed by atoms with Crippen molar-refractivity contribution in [3.8, 4) is 0 Å². The first kappa shape index (κ1) is 12.9. The standard InChI is InChI=1S/C11H26N4/c1-4-13(5-2)6-7-14-8-10-15(12-3)11-9-14/h12H,4-11H2,1-3H3. The van der Waals surface area contributed by atoms with Gasteiger partial charge in [-0.1, -0.05) is 13.8 Å². The minimum Gasteiger partial charge on any atom is -0.303 e. The molecular weight excluding hydrogens is 188 g/mol. The summed E-state index contributed by atoms with van der Waals surface area (Å²) in [5, 5.41) is 2.29. The lowest BCUT2D eigenvalue weighted by Crippen LogP contribution is -2.52. The summed E-state index contributed by atoms with van der Waals surface area (Å²) in [5.74, 6) is 0. The molecule has 1 N–H and O–H groups in total. The van der Waals surface area contributed by atoms with Crippen LogP contribution >= 0.6 is 0 Å². The third kappa shape index (κ3) is 4.47. The van der Waals surface area contributed by atoms with Gasteiger partial charge in [0.05, 0.1) is 0 Å². The van der Waals surface area contributed by atoms with Gasteiger partial charge in [0.25, 0.3) is 0 Å². The molecule has 0 aromatic rings. The second-order valence-corrected chi connectivity index (χ2v) is 4.08. The Morgan fingerprint density at radius 2 is 1.67 bits per heavy atom. The van der Waals surface area contributed by atoms with Gasteiger partial charge < -0.3 is 4.90 Å². The molecule has 1 rings (SSSR count). The number of nitrogens with one attached hydrogen (secondary N) is 1. The molecule has 15 heavy (non-hydrogen) atoms. The van der Waals surface area contributed by atoms with Crippen molar-refractivity contribution >= 4 is 0 Å². The summed E-state index contributed by atoms with van der Waals surface area (Å²) in [5.41, 5.74) is 3.21. The molecule has 0 amide bonds. The van der Waals surface area contributed by atoms with E-state index in [1.807, 2.05) is 7.05 Å². The van der Waals surface area contributed by atoms with Crippen LogP contribution in [0.5, 0.6) is 0 Å². The summed E-state index contributed by atoms with van der Waals surface area (Å²) in [4.78, 5) is 5.05. The van der Waals surface area contributed by atoms with Crippen molar-refractivity contribution in [2.45, 2.75) is 13.8 Å². The van der Waals surface area contributed by atoms with Gasteiger partial charge in [-0.3, -0.25) is 10.3 Å². The summed E-state index contributed by atoms with van der Waals surface area (Å²) < 4.78 is 0. The van der Waals surface area contributed by atoms with Gasteiger partial charge in [-0.05, 0) is 20.1 Å². The number of rotatable bonds is 6. The molecule has 0 aliphatic carbocycles. The number of hydrogen-bond donors (Lipinski definition) is 1. The zero-order valence-electron chi connectivity index (χ0n) is 10.5. The van der Waals surface area contributed by atoms with Crippen LogP contribution in [0.3, 0.4) is 0 Å². The molecule has 0 atom stereocenters. The molecule has 0 aromatic carbocycles. The molecular formula is C11H26N4. The van der Waals surface area contributed by atoms with Crippen molar-refractivity contribution in [1.29, 1.82) is 0 Å². The molecule has 1 saturated heterocycles. The maximum absolute atomic E-state index is 3.21. The number of nitrogens with zero attached hydrogens (tertiary/aromatic N) is 3. The van der Waals surface area contributed by atoms with Crippen LogP contribution in [0.15, 0.2) is 0 Å². The van der Waals surface area contributed by atoms with E-state index in [0.717, 1.165) is 13.1 Å². The van der Waals surface area contributed by atoms with Crippen LogP contribution in [-0.2, 0) is 0 Å². The smallest absolute Gasteiger partial charge is 0.0259 e. The number of hydrogen-bond acceptors (Lipinski definition) is 4. The minimum absolute atomic E-state index is 1.15. The van der Waals surface area contributed by atoms with Crippen molar-refractivity contribution in [3.05, 3.63) is 0 Å². The zero-order chi connectivity index (χ0) is 11.1. The van der Waals surface area contributed by atoms with Crippen molar-refractivity contribution in [1.82, 2.24) is 20.2 Å². The van der Waals surface area contributed by atoms with Crippen LogP contribution in [0.4, 0.5) is 0 Å². The monoisotopic (exact) mass is 214 g/mol. The first-order valence-electron chi connectivity index (χ1n) is 6.17. The van der Waals surface area contributed by atoms with Crippen LogP contribution in [0.25, 0.3) is 0 Å². The molecule has 1 aliphatic rings. The second kappa shape index (κ2) is 7.17. The van der Waals surface area contributed by atoms with Crippen LogP contribution in [0, 0.1) is 0 Å². The number of hydrazine groups is 1. The first-order valence-corrected chi connectivity index (χ1v) is 6.17. The fraction of sp³-hybridized carbons (Fsp3) is 1.00. The highest BCUT2D eigenvalue weighted by molar-refractivity contribution is 4.70. The zero-order valence-corrected chi connectivity index (χ0v) is 10.5. The molecule has 0 bridgehead atoms. The van der Waals surface area contributed by atoms with E-state index in [0.29, 0.717) is 0 Å². The second-order valence-electron chi connectivity index (χ2n) is 4.08. The van der Waals surface area contributed by atoms with Gasteiger partial charge in [0.2, 0.25) is 0 Å². The quantitative estimate of drug-likeness (QED) is 0.676. The SMILES string of the molecule is CCN(CC)CCN1CCN(NC)CC1. The Balaban J connectivity index is 2.12. The Morgan fingerprint density at radius 1 is 1.07 bits per heavy atom. The Bertz CT molecular complexity index is 151. The molecule has 4 heteroatoms. The first-order chi connectivity index (χ1) is 7.30. The Kier molecular flexibility index (Phi) is 6.17. The van der Waals surface area contributed by atoms with E-state index in [-0.39, 0.29) is 0 Å². The normalized spacial score (nSPS) is 20.0. The minimum atomic E-state index is 1.15. The summed E-state index contributed by atoms with van der Waals surface area (Å²) in [6.45, 7) is 13.9. The molecule has 1 fully saturated rings. The molecule has 0 spiro atoms. The summed E-state index contributed by atoms with van der Waals surface area (Å²) in [6.07, 6.45) is 0. The maximum Gasteiger partial charge on any atom is 0.0259 e. The fourth-order valence-electron chi connectivity index (χ4n) is 2.02. The summed E-state index contributed by atoms with van der Waals surface area (Å²) >= 11 is 0. The lowest BCUT2D eigenvalue weighted by molar-refractivity contribution is 0.0913. The summed E-state index contributed by atoms with van der Waals surface area (Å²) in [7, 11) is 2.01. The molecule has 90 valence electrons. The van der Waals surface area contributed by atoms with Crippen molar-refractivity contribution in [2.75, 3.05) is 59.4 Å². The summed E-state index contributed by atoms with van der Waals surface area (Å²) in [6, 6.07) is 0. The largest absolute Gasteiger partial charge is 0.303 e. The Hall–Kier alpha value is -0.160. The molecule has 1 heterocycles. The van der Waals surface area contributed by atoms with E-state index in [1.54, 1.807) is 0 Å². The van der Waals surface area contributed by atoms with Gasteiger partial charge in [0, 0.05) is 39.3 Å². The van der Waals surface area contributed by atoms with Gasteiger partial charge in [-0.15, -0.1) is 0 Å². The topological polar surface area (TPSA) is 21.8 Å². The average molecular weight is 214 g/mol. The fourth-order valence-corrected chi connectivity index (χ4v) is 2.02. The van der Waals surface area contributed by atoms with Crippen LogP contribution in [0.2, 0.25) is 0 Å². The molecule has 0 radical (unpaired) electrons. The maximum atomic E-state index is 3.21. The molecule has 0 saturated carbocycles. The molecule has 4 nitrogen and oxygen atoms in total. The van der Waals surface area contributed by atoms with Crippen LogP contribution in [0.1, 0.15) is 13.8 Å². The third-order valence-electron chi connectivity index (χ3n) is 3.32. The van der Waals surface area contributed by atoms with Gasteiger partial charge >= 0.3 is 0 Å². The highest BCUT2D eigenvalue weighted by Crippen LogP contribution is 1.99.